The third-order valence-electron chi connectivity index (χ3n) is 4.47. The van der Waals surface area contributed by atoms with Gasteiger partial charge in [0.2, 0.25) is 5.78 Å². The molecular formula is C19H23FN2O5. The maximum absolute atomic E-state index is 12.9. The molecule has 1 aromatic rings. The number of ether oxygens (including phenoxy) is 1. The summed E-state index contributed by atoms with van der Waals surface area (Å²) in [7, 11) is 0. The van der Waals surface area contributed by atoms with Gasteiger partial charge in [-0.05, 0) is 44.5 Å². The summed E-state index contributed by atoms with van der Waals surface area (Å²) in [5.74, 6) is -2.36. The van der Waals surface area contributed by atoms with E-state index in [1.807, 2.05) is 6.92 Å². The van der Waals surface area contributed by atoms with E-state index in [0.717, 1.165) is 29.9 Å². The number of benzene rings is 1. The molecule has 2 rings (SSSR count). The highest BCUT2D eigenvalue weighted by molar-refractivity contribution is 6.08. The van der Waals surface area contributed by atoms with E-state index in [9.17, 15) is 23.6 Å². The number of ketones is 1. The van der Waals surface area contributed by atoms with Gasteiger partial charge < -0.3 is 10.1 Å². The van der Waals surface area contributed by atoms with Gasteiger partial charge in [0.1, 0.15) is 17.9 Å². The van der Waals surface area contributed by atoms with Crippen molar-refractivity contribution in [2.75, 3.05) is 6.54 Å². The van der Waals surface area contributed by atoms with Crippen molar-refractivity contribution in [2.24, 2.45) is 0 Å². The number of Topliss-reactive ketones (excluding diaryl/α,β-unsaturated/α-hetero) is 1. The van der Waals surface area contributed by atoms with Gasteiger partial charge in [-0.3, -0.25) is 19.3 Å². The zero-order valence-electron chi connectivity index (χ0n) is 15.6. The Bertz CT molecular complexity index is 749. The number of carbonyl (C=O) groups excluding carboxylic acids is 4. The van der Waals surface area contributed by atoms with E-state index in [4.69, 9.17) is 4.74 Å². The Morgan fingerprint density at radius 1 is 1.26 bits per heavy atom. The maximum Gasteiger partial charge on any atom is 0.326 e. The van der Waals surface area contributed by atoms with Gasteiger partial charge >= 0.3 is 12.0 Å². The average Bonchev–Trinajstić information content (AvgIpc) is 2.83. The minimum Gasteiger partial charge on any atom is -0.453 e. The van der Waals surface area contributed by atoms with Crippen molar-refractivity contribution in [2.45, 2.75) is 51.7 Å². The van der Waals surface area contributed by atoms with Crippen LogP contribution in [-0.2, 0) is 14.3 Å². The summed E-state index contributed by atoms with van der Waals surface area (Å²) in [6, 6.07) is 4.18. The van der Waals surface area contributed by atoms with Gasteiger partial charge in [-0.2, -0.15) is 0 Å². The van der Waals surface area contributed by atoms with Crippen molar-refractivity contribution in [1.82, 2.24) is 10.2 Å². The van der Waals surface area contributed by atoms with E-state index in [1.54, 1.807) is 6.92 Å². The highest BCUT2D eigenvalue weighted by atomic mass is 19.1. The molecule has 146 valence electrons. The molecule has 1 heterocycles. The first kappa shape index (κ1) is 20.5. The Hall–Kier alpha value is -2.77. The SMILES string of the molecule is CCCC[C@@]1(C)NC(=O)N(CC(=O)O[C@@H](C)C(=O)c2ccc(F)cc2)C1=O. The Labute approximate surface area is 156 Å². The molecule has 1 fully saturated rings. The first-order valence-electron chi connectivity index (χ1n) is 8.81. The highest BCUT2D eigenvalue weighted by Gasteiger charge is 2.48. The maximum atomic E-state index is 12.9. The summed E-state index contributed by atoms with van der Waals surface area (Å²) in [6.45, 7) is 4.39. The molecular weight excluding hydrogens is 355 g/mol. The lowest BCUT2D eigenvalue weighted by molar-refractivity contribution is -0.149. The number of hydrogen-bond acceptors (Lipinski definition) is 5. The lowest BCUT2D eigenvalue weighted by atomic mass is 9.95. The molecule has 1 aromatic carbocycles. The topological polar surface area (TPSA) is 92.8 Å². The molecule has 7 nitrogen and oxygen atoms in total. The number of nitrogens with zero attached hydrogens (tertiary/aromatic N) is 1. The molecule has 1 aliphatic rings. The number of halogens is 1. The molecule has 0 bridgehead atoms. The molecule has 1 aliphatic heterocycles. The minimum absolute atomic E-state index is 0.193. The van der Waals surface area contributed by atoms with Crippen molar-refractivity contribution >= 4 is 23.7 Å². The van der Waals surface area contributed by atoms with Crippen LogP contribution in [0.4, 0.5) is 9.18 Å². The largest absolute Gasteiger partial charge is 0.453 e. The Kier molecular flexibility index (Phi) is 6.30. The number of esters is 1. The smallest absolute Gasteiger partial charge is 0.326 e. The molecule has 1 N–H and O–H groups in total. The lowest BCUT2D eigenvalue weighted by Crippen LogP contribution is -2.44. The van der Waals surface area contributed by atoms with Gasteiger partial charge in [0.05, 0.1) is 0 Å². The predicted octanol–water partition coefficient (Wildman–Crippen LogP) is 2.44. The van der Waals surface area contributed by atoms with Crippen LogP contribution >= 0.6 is 0 Å². The van der Waals surface area contributed by atoms with E-state index in [2.05, 4.69) is 5.32 Å². The minimum atomic E-state index is -1.13. The molecule has 0 radical (unpaired) electrons. The van der Waals surface area contributed by atoms with Crippen LogP contribution in [0.1, 0.15) is 50.4 Å². The fraction of sp³-hybridized carbons (Fsp3) is 0.474. The summed E-state index contributed by atoms with van der Waals surface area (Å²) in [5.41, 5.74) is -0.845. The fourth-order valence-corrected chi connectivity index (χ4v) is 2.86. The second kappa shape index (κ2) is 8.28. The van der Waals surface area contributed by atoms with Crippen LogP contribution in [-0.4, -0.2) is 46.8 Å². The van der Waals surface area contributed by atoms with E-state index in [1.165, 1.54) is 19.1 Å². The van der Waals surface area contributed by atoms with Crippen LogP contribution in [0.3, 0.4) is 0 Å². The molecule has 0 saturated carbocycles. The van der Waals surface area contributed by atoms with Crippen molar-refractivity contribution in [1.29, 1.82) is 0 Å². The Balaban J connectivity index is 1.96. The van der Waals surface area contributed by atoms with E-state index in [0.29, 0.717) is 6.42 Å². The number of rotatable bonds is 8. The van der Waals surface area contributed by atoms with Crippen LogP contribution in [0.2, 0.25) is 0 Å². The summed E-state index contributed by atoms with van der Waals surface area (Å²) in [5, 5.41) is 2.60. The predicted molar refractivity (Wildman–Crippen MR) is 94.5 cm³/mol. The number of nitrogens with one attached hydrogen (secondary N) is 1. The first-order chi connectivity index (χ1) is 12.7. The van der Waals surface area contributed by atoms with Crippen molar-refractivity contribution in [3.8, 4) is 0 Å². The molecule has 3 amide bonds. The molecule has 0 aliphatic carbocycles. The van der Waals surface area contributed by atoms with Gasteiger partial charge in [0.15, 0.2) is 6.10 Å². The van der Waals surface area contributed by atoms with Crippen LogP contribution in [0.15, 0.2) is 24.3 Å². The van der Waals surface area contributed by atoms with Gasteiger partial charge in [0.25, 0.3) is 5.91 Å². The van der Waals surface area contributed by atoms with Gasteiger partial charge in [-0.1, -0.05) is 19.8 Å². The molecule has 0 aromatic heterocycles. The van der Waals surface area contributed by atoms with E-state index < -0.39 is 47.7 Å². The second-order valence-electron chi connectivity index (χ2n) is 6.76. The zero-order valence-corrected chi connectivity index (χ0v) is 15.6. The number of unbranched alkanes of at least 4 members (excludes halogenated alkanes) is 1. The van der Waals surface area contributed by atoms with E-state index in [-0.39, 0.29) is 5.56 Å². The average molecular weight is 378 g/mol. The van der Waals surface area contributed by atoms with Gasteiger partial charge in [-0.25, -0.2) is 9.18 Å². The quantitative estimate of drug-likeness (QED) is 0.426. The molecule has 27 heavy (non-hydrogen) atoms. The van der Waals surface area contributed by atoms with Crippen LogP contribution < -0.4 is 5.32 Å². The molecule has 1 saturated heterocycles. The van der Waals surface area contributed by atoms with Crippen molar-refractivity contribution in [3.63, 3.8) is 0 Å². The van der Waals surface area contributed by atoms with Gasteiger partial charge in [-0.15, -0.1) is 0 Å². The van der Waals surface area contributed by atoms with Crippen molar-refractivity contribution in [3.05, 3.63) is 35.6 Å². The van der Waals surface area contributed by atoms with Crippen molar-refractivity contribution < 1.29 is 28.3 Å². The van der Waals surface area contributed by atoms with E-state index >= 15 is 0 Å². The lowest BCUT2D eigenvalue weighted by Gasteiger charge is -2.21. The normalized spacial score (nSPS) is 20.4. The number of hydrogen-bond donors (Lipinski definition) is 1. The highest BCUT2D eigenvalue weighted by Crippen LogP contribution is 2.23. The molecule has 2 atom stereocenters. The summed E-state index contributed by atoms with van der Waals surface area (Å²) < 4.78 is 18.0. The number of amides is 3. The molecule has 0 unspecified atom stereocenters. The standard InChI is InChI=1S/C19H23FN2O5/c1-4-5-10-19(3)17(25)22(18(26)21-19)11-15(23)27-12(2)16(24)13-6-8-14(20)9-7-13/h6-9,12H,4-5,10-11H2,1-3H3,(H,21,26)/t12-,19+/m0/s1. The Morgan fingerprint density at radius 2 is 1.89 bits per heavy atom. The van der Waals surface area contributed by atoms with Crippen LogP contribution in [0, 0.1) is 5.82 Å². The second-order valence-corrected chi connectivity index (χ2v) is 6.76. The zero-order chi connectivity index (χ0) is 20.2. The van der Waals surface area contributed by atoms with Crippen LogP contribution in [0.5, 0.6) is 0 Å². The molecule has 0 spiro atoms. The summed E-state index contributed by atoms with van der Waals surface area (Å²) >= 11 is 0. The molecule has 8 heteroatoms. The summed E-state index contributed by atoms with van der Waals surface area (Å²) in [4.78, 5) is 49.7. The number of imide groups is 1. The fourth-order valence-electron chi connectivity index (χ4n) is 2.86. The first-order valence-corrected chi connectivity index (χ1v) is 8.81. The summed E-state index contributed by atoms with van der Waals surface area (Å²) in [6.07, 6.45) is 0.961. The monoisotopic (exact) mass is 378 g/mol. The third-order valence-corrected chi connectivity index (χ3v) is 4.47. The number of carbonyl (C=O) groups is 4. The van der Waals surface area contributed by atoms with Crippen LogP contribution in [0.25, 0.3) is 0 Å². The third kappa shape index (κ3) is 4.69. The Morgan fingerprint density at radius 3 is 2.48 bits per heavy atom. The van der Waals surface area contributed by atoms with Gasteiger partial charge in [0, 0.05) is 5.56 Å². The number of urea groups is 1.